The number of aliphatic carboxylic acids is 1. The van der Waals surface area contributed by atoms with Crippen LogP contribution in [-0.4, -0.2) is 35.2 Å². The van der Waals surface area contributed by atoms with Crippen LogP contribution in [0.3, 0.4) is 0 Å². The van der Waals surface area contributed by atoms with E-state index in [9.17, 15) is 9.90 Å². The molecule has 4 heteroatoms. The van der Waals surface area contributed by atoms with Gasteiger partial charge in [-0.1, -0.05) is 25.1 Å². The van der Waals surface area contributed by atoms with Crippen molar-refractivity contribution in [3.05, 3.63) is 29.8 Å². The Labute approximate surface area is 114 Å². The highest BCUT2D eigenvalue weighted by molar-refractivity contribution is 5.77. The Hall–Kier alpha value is -1.55. The predicted molar refractivity (Wildman–Crippen MR) is 73.3 cm³/mol. The number of benzene rings is 1. The minimum atomic E-state index is -0.913. The number of likely N-dealkylation sites (N-methyl/N-ethyl adjacent to an activating group) is 1. The lowest BCUT2D eigenvalue weighted by Gasteiger charge is -2.43. The van der Waals surface area contributed by atoms with E-state index in [1.807, 2.05) is 36.2 Å². The molecule has 2 atom stereocenters. The van der Waals surface area contributed by atoms with Crippen molar-refractivity contribution in [2.75, 3.05) is 13.7 Å². The van der Waals surface area contributed by atoms with Crippen molar-refractivity contribution in [3.8, 4) is 5.75 Å². The average Bonchev–Trinajstić information content (AvgIpc) is 2.37. The van der Waals surface area contributed by atoms with E-state index in [0.29, 0.717) is 6.61 Å². The molecule has 1 aromatic rings. The number of carboxylic acid groups (broad SMARTS) is 1. The van der Waals surface area contributed by atoms with Gasteiger partial charge in [-0.15, -0.1) is 0 Å². The molecular weight excluding hydrogens is 242 g/mol. The Morgan fingerprint density at radius 3 is 2.68 bits per heavy atom. The molecule has 1 heterocycles. The summed E-state index contributed by atoms with van der Waals surface area (Å²) >= 11 is 0. The van der Waals surface area contributed by atoms with Crippen LogP contribution in [0.25, 0.3) is 0 Å². The van der Waals surface area contributed by atoms with Gasteiger partial charge in [0.2, 0.25) is 0 Å². The number of carbonyl (C=O) groups is 1. The molecule has 0 aromatic heterocycles. The first-order valence-electron chi connectivity index (χ1n) is 6.53. The third-order valence-corrected chi connectivity index (χ3v) is 4.10. The van der Waals surface area contributed by atoms with Gasteiger partial charge in [0.15, 0.2) is 0 Å². The van der Waals surface area contributed by atoms with Gasteiger partial charge in [-0.05, 0) is 27.0 Å². The Balaban J connectivity index is 2.41. The summed E-state index contributed by atoms with van der Waals surface area (Å²) in [6, 6.07) is 7.92. The molecule has 0 saturated carbocycles. The Morgan fingerprint density at radius 1 is 1.42 bits per heavy atom. The second kappa shape index (κ2) is 4.85. The van der Waals surface area contributed by atoms with Crippen LogP contribution in [0.4, 0.5) is 0 Å². The number of carboxylic acids is 1. The molecule has 1 aliphatic rings. The monoisotopic (exact) mass is 263 g/mol. The lowest BCUT2D eigenvalue weighted by Crippen LogP contribution is -2.52. The van der Waals surface area contributed by atoms with Crippen LogP contribution in [-0.2, 0) is 4.79 Å². The van der Waals surface area contributed by atoms with E-state index in [2.05, 4.69) is 6.92 Å². The van der Waals surface area contributed by atoms with Crippen LogP contribution in [0.5, 0.6) is 5.75 Å². The SMILES string of the molecule is CC1COc2ccccc2C1N(C)C(C)(C)C(=O)O. The highest BCUT2D eigenvalue weighted by atomic mass is 16.5. The first-order valence-corrected chi connectivity index (χ1v) is 6.53. The molecular formula is C15H21NO3. The minimum absolute atomic E-state index is 0.0519. The van der Waals surface area contributed by atoms with Gasteiger partial charge in [0.1, 0.15) is 11.3 Å². The van der Waals surface area contributed by atoms with Gasteiger partial charge in [-0.25, -0.2) is 0 Å². The van der Waals surface area contributed by atoms with Gasteiger partial charge < -0.3 is 9.84 Å². The van der Waals surface area contributed by atoms with Gasteiger partial charge in [0, 0.05) is 17.5 Å². The van der Waals surface area contributed by atoms with Crippen LogP contribution in [0.1, 0.15) is 32.4 Å². The van der Waals surface area contributed by atoms with Gasteiger partial charge in [0.25, 0.3) is 0 Å². The zero-order chi connectivity index (χ0) is 14.2. The molecule has 0 fully saturated rings. The molecule has 19 heavy (non-hydrogen) atoms. The molecule has 2 rings (SSSR count). The Morgan fingerprint density at radius 2 is 2.05 bits per heavy atom. The van der Waals surface area contributed by atoms with E-state index in [0.717, 1.165) is 11.3 Å². The maximum atomic E-state index is 11.5. The molecule has 0 radical (unpaired) electrons. The van der Waals surface area contributed by atoms with Crippen LogP contribution < -0.4 is 4.74 Å². The summed E-state index contributed by atoms with van der Waals surface area (Å²) in [7, 11) is 1.87. The van der Waals surface area contributed by atoms with E-state index >= 15 is 0 Å². The molecule has 4 nitrogen and oxygen atoms in total. The number of nitrogens with zero attached hydrogens (tertiary/aromatic N) is 1. The fourth-order valence-electron chi connectivity index (χ4n) is 2.56. The molecule has 0 spiro atoms. The number of fused-ring (bicyclic) bond motifs is 1. The van der Waals surface area contributed by atoms with Crippen LogP contribution >= 0.6 is 0 Å². The maximum absolute atomic E-state index is 11.5. The largest absolute Gasteiger partial charge is 0.493 e. The lowest BCUT2D eigenvalue weighted by molar-refractivity contribution is -0.151. The smallest absolute Gasteiger partial charge is 0.323 e. The normalized spacial score (nSPS) is 22.8. The van der Waals surface area contributed by atoms with Gasteiger partial charge in [-0.3, -0.25) is 9.69 Å². The number of ether oxygens (including phenoxy) is 1. The number of para-hydroxylation sites is 1. The van der Waals surface area contributed by atoms with Crippen molar-refractivity contribution in [1.29, 1.82) is 0 Å². The summed E-state index contributed by atoms with van der Waals surface area (Å²) < 4.78 is 5.72. The average molecular weight is 263 g/mol. The second-order valence-electron chi connectivity index (χ2n) is 5.75. The van der Waals surface area contributed by atoms with E-state index in [-0.39, 0.29) is 12.0 Å². The van der Waals surface area contributed by atoms with Crippen LogP contribution in [0.15, 0.2) is 24.3 Å². The summed E-state index contributed by atoms with van der Waals surface area (Å²) in [5, 5.41) is 9.40. The van der Waals surface area contributed by atoms with Crippen LogP contribution in [0, 0.1) is 5.92 Å². The minimum Gasteiger partial charge on any atom is -0.493 e. The zero-order valence-corrected chi connectivity index (χ0v) is 11.9. The van der Waals surface area contributed by atoms with Crippen molar-refractivity contribution in [3.63, 3.8) is 0 Å². The fourth-order valence-corrected chi connectivity index (χ4v) is 2.56. The molecule has 1 aromatic carbocycles. The molecule has 104 valence electrons. The summed E-state index contributed by atoms with van der Waals surface area (Å²) in [6.07, 6.45) is 0. The second-order valence-corrected chi connectivity index (χ2v) is 5.75. The molecule has 0 amide bonds. The maximum Gasteiger partial charge on any atom is 0.323 e. The molecule has 0 aliphatic carbocycles. The van der Waals surface area contributed by atoms with Crippen molar-refractivity contribution >= 4 is 5.97 Å². The molecule has 0 bridgehead atoms. The highest BCUT2D eigenvalue weighted by Gasteiger charge is 2.41. The summed E-state index contributed by atoms with van der Waals surface area (Å²) in [4.78, 5) is 13.4. The third-order valence-electron chi connectivity index (χ3n) is 4.10. The molecule has 1 aliphatic heterocycles. The van der Waals surface area contributed by atoms with E-state index < -0.39 is 11.5 Å². The first-order chi connectivity index (χ1) is 8.85. The molecule has 2 unspecified atom stereocenters. The predicted octanol–water partition coefficient (Wildman–Crippen LogP) is 2.55. The van der Waals surface area contributed by atoms with Gasteiger partial charge in [-0.2, -0.15) is 0 Å². The fraction of sp³-hybridized carbons (Fsp3) is 0.533. The van der Waals surface area contributed by atoms with Gasteiger partial charge >= 0.3 is 5.97 Å². The van der Waals surface area contributed by atoms with Crippen LogP contribution in [0.2, 0.25) is 0 Å². The quantitative estimate of drug-likeness (QED) is 0.910. The number of hydrogen-bond acceptors (Lipinski definition) is 3. The van der Waals surface area contributed by atoms with Gasteiger partial charge in [0.05, 0.1) is 6.61 Å². The molecule has 0 saturated heterocycles. The zero-order valence-electron chi connectivity index (χ0n) is 11.9. The summed E-state index contributed by atoms with van der Waals surface area (Å²) in [6.45, 7) is 6.18. The Kier molecular flexibility index (Phi) is 3.54. The van der Waals surface area contributed by atoms with E-state index in [1.165, 1.54) is 0 Å². The highest BCUT2D eigenvalue weighted by Crippen LogP contribution is 2.41. The molecule has 1 N–H and O–H groups in total. The van der Waals surface area contributed by atoms with E-state index in [1.54, 1.807) is 13.8 Å². The van der Waals surface area contributed by atoms with Crippen molar-refractivity contribution in [2.24, 2.45) is 5.92 Å². The topological polar surface area (TPSA) is 49.8 Å². The number of hydrogen-bond donors (Lipinski definition) is 1. The standard InChI is InChI=1S/C15H21NO3/c1-10-9-19-12-8-6-5-7-11(12)13(10)16(4)15(2,3)14(17)18/h5-8,10,13H,9H2,1-4H3,(H,17,18). The Bertz CT molecular complexity index is 484. The third kappa shape index (κ3) is 2.32. The van der Waals surface area contributed by atoms with Crippen molar-refractivity contribution in [1.82, 2.24) is 4.90 Å². The number of rotatable bonds is 3. The summed E-state index contributed by atoms with van der Waals surface area (Å²) in [5.41, 5.74) is 0.154. The van der Waals surface area contributed by atoms with E-state index in [4.69, 9.17) is 4.74 Å². The summed E-state index contributed by atoms with van der Waals surface area (Å²) in [5.74, 6) is 0.295. The first kappa shape index (κ1) is 13.9. The van der Waals surface area contributed by atoms with Crippen molar-refractivity contribution < 1.29 is 14.6 Å². The lowest BCUT2D eigenvalue weighted by atomic mass is 9.87. The van der Waals surface area contributed by atoms with Crippen molar-refractivity contribution in [2.45, 2.75) is 32.4 Å².